The molecule has 8 nitrogen and oxygen atoms in total. The number of likely N-dealkylation sites (tertiary alicyclic amines) is 1. The van der Waals surface area contributed by atoms with E-state index in [1.165, 1.54) is 12.1 Å². The van der Waals surface area contributed by atoms with Crippen molar-refractivity contribution in [1.29, 1.82) is 0 Å². The van der Waals surface area contributed by atoms with E-state index in [1.807, 2.05) is 17.5 Å². The number of carbonyl (C=O) groups is 3. The first kappa shape index (κ1) is 17.3. The number of thiophene rings is 1. The van der Waals surface area contributed by atoms with Gasteiger partial charge in [-0.2, -0.15) is 0 Å². The standard InChI is InChI=1S/C18H15N3O5S/c22-16(19-7-1-3-14(19)15-4-2-8-27-15)10-20-17(23)12-6-5-11(21(25)26)9-13(12)18(20)24/h2,4-6,8-9,14H,1,3,7,10H2. The Morgan fingerprint density at radius 2 is 2.00 bits per heavy atom. The molecule has 9 heteroatoms. The molecule has 0 bridgehead atoms. The maximum atomic E-state index is 12.8. The molecule has 1 aromatic carbocycles. The fourth-order valence-electron chi connectivity index (χ4n) is 3.60. The lowest BCUT2D eigenvalue weighted by Gasteiger charge is -2.25. The number of amides is 3. The van der Waals surface area contributed by atoms with E-state index in [9.17, 15) is 24.5 Å². The van der Waals surface area contributed by atoms with E-state index < -0.39 is 16.7 Å². The summed E-state index contributed by atoms with van der Waals surface area (Å²) in [5, 5.41) is 12.9. The number of hydrogen-bond acceptors (Lipinski definition) is 6. The molecule has 1 atom stereocenters. The number of non-ortho nitro benzene ring substituents is 1. The molecule has 4 rings (SSSR count). The Hall–Kier alpha value is -3.07. The van der Waals surface area contributed by atoms with Gasteiger partial charge in [0.1, 0.15) is 6.54 Å². The summed E-state index contributed by atoms with van der Waals surface area (Å²) in [6.07, 6.45) is 1.71. The van der Waals surface area contributed by atoms with Crippen molar-refractivity contribution in [3.63, 3.8) is 0 Å². The van der Waals surface area contributed by atoms with Gasteiger partial charge < -0.3 is 4.90 Å². The molecule has 1 aromatic heterocycles. The van der Waals surface area contributed by atoms with Crippen LogP contribution in [0.15, 0.2) is 35.7 Å². The molecule has 2 aromatic rings. The Bertz CT molecular complexity index is 956. The van der Waals surface area contributed by atoms with Crippen LogP contribution in [0.5, 0.6) is 0 Å². The van der Waals surface area contributed by atoms with Crippen molar-refractivity contribution >= 4 is 34.7 Å². The highest BCUT2D eigenvalue weighted by Gasteiger charge is 2.40. The monoisotopic (exact) mass is 385 g/mol. The highest BCUT2D eigenvalue weighted by Crippen LogP contribution is 2.35. The van der Waals surface area contributed by atoms with Crippen molar-refractivity contribution in [2.45, 2.75) is 18.9 Å². The van der Waals surface area contributed by atoms with E-state index in [0.717, 1.165) is 28.7 Å². The molecule has 2 aliphatic rings. The number of rotatable bonds is 4. The Labute approximate surface area is 158 Å². The van der Waals surface area contributed by atoms with Gasteiger partial charge in [0.05, 0.1) is 22.1 Å². The molecule has 1 saturated heterocycles. The molecule has 3 heterocycles. The zero-order valence-electron chi connectivity index (χ0n) is 14.2. The summed E-state index contributed by atoms with van der Waals surface area (Å²) in [7, 11) is 0. The van der Waals surface area contributed by atoms with Gasteiger partial charge in [-0.3, -0.25) is 29.4 Å². The van der Waals surface area contributed by atoms with E-state index in [0.29, 0.717) is 6.54 Å². The van der Waals surface area contributed by atoms with Gasteiger partial charge in [-0.15, -0.1) is 11.3 Å². The van der Waals surface area contributed by atoms with Crippen LogP contribution in [0.25, 0.3) is 0 Å². The number of hydrogen-bond donors (Lipinski definition) is 0. The zero-order chi connectivity index (χ0) is 19.1. The summed E-state index contributed by atoms with van der Waals surface area (Å²) in [4.78, 5) is 51.8. The van der Waals surface area contributed by atoms with Crippen molar-refractivity contribution in [1.82, 2.24) is 9.80 Å². The molecule has 0 N–H and O–H groups in total. The van der Waals surface area contributed by atoms with E-state index in [1.54, 1.807) is 16.2 Å². The minimum Gasteiger partial charge on any atom is -0.333 e. The van der Waals surface area contributed by atoms with E-state index in [4.69, 9.17) is 0 Å². The van der Waals surface area contributed by atoms with Crippen LogP contribution in [-0.2, 0) is 4.79 Å². The van der Waals surface area contributed by atoms with Crippen LogP contribution in [0.1, 0.15) is 44.5 Å². The molecule has 0 radical (unpaired) electrons. The first-order valence-corrected chi connectivity index (χ1v) is 9.33. The molecule has 27 heavy (non-hydrogen) atoms. The van der Waals surface area contributed by atoms with Gasteiger partial charge in [0.2, 0.25) is 5.91 Å². The van der Waals surface area contributed by atoms with Crippen molar-refractivity contribution in [2.24, 2.45) is 0 Å². The summed E-state index contributed by atoms with van der Waals surface area (Å²) in [6.45, 7) is 0.220. The summed E-state index contributed by atoms with van der Waals surface area (Å²) >= 11 is 1.57. The third-order valence-electron chi connectivity index (χ3n) is 4.90. The number of fused-ring (bicyclic) bond motifs is 1. The molecule has 3 amide bonds. The molecule has 0 saturated carbocycles. The summed E-state index contributed by atoms with van der Waals surface area (Å²) in [5.74, 6) is -1.56. The van der Waals surface area contributed by atoms with Gasteiger partial charge in [0.15, 0.2) is 0 Å². The van der Waals surface area contributed by atoms with Gasteiger partial charge >= 0.3 is 0 Å². The second-order valence-corrected chi connectivity index (χ2v) is 7.42. The Balaban J connectivity index is 1.54. The summed E-state index contributed by atoms with van der Waals surface area (Å²) < 4.78 is 0. The molecule has 1 fully saturated rings. The maximum Gasteiger partial charge on any atom is 0.270 e. The van der Waals surface area contributed by atoms with Crippen LogP contribution < -0.4 is 0 Å². The third-order valence-corrected chi connectivity index (χ3v) is 5.88. The van der Waals surface area contributed by atoms with Crippen LogP contribution in [0.3, 0.4) is 0 Å². The number of nitro groups is 1. The fourth-order valence-corrected chi connectivity index (χ4v) is 4.48. The molecule has 1 unspecified atom stereocenters. The molecular weight excluding hydrogens is 370 g/mol. The average Bonchev–Trinajstić information content (AvgIpc) is 3.38. The average molecular weight is 385 g/mol. The lowest BCUT2D eigenvalue weighted by Crippen LogP contribution is -2.42. The summed E-state index contributed by atoms with van der Waals surface area (Å²) in [5.41, 5.74) is -0.201. The normalized spacial score (nSPS) is 18.9. The smallest absolute Gasteiger partial charge is 0.270 e. The van der Waals surface area contributed by atoms with Gasteiger partial charge in [-0.05, 0) is 30.4 Å². The Kier molecular flexibility index (Phi) is 4.23. The van der Waals surface area contributed by atoms with Gasteiger partial charge in [-0.25, -0.2) is 0 Å². The van der Waals surface area contributed by atoms with E-state index >= 15 is 0 Å². The minimum atomic E-state index is -0.668. The number of imide groups is 1. The number of benzene rings is 1. The lowest BCUT2D eigenvalue weighted by molar-refractivity contribution is -0.384. The van der Waals surface area contributed by atoms with Gasteiger partial charge in [0, 0.05) is 23.6 Å². The minimum absolute atomic E-state index is 0.0294. The van der Waals surface area contributed by atoms with Crippen LogP contribution in [0.4, 0.5) is 5.69 Å². The third kappa shape index (κ3) is 2.89. The Morgan fingerprint density at radius 3 is 2.70 bits per heavy atom. The second kappa shape index (κ2) is 6.58. The highest BCUT2D eigenvalue weighted by molar-refractivity contribution is 7.10. The first-order chi connectivity index (χ1) is 13.0. The molecule has 0 aliphatic carbocycles. The molecule has 0 spiro atoms. The first-order valence-electron chi connectivity index (χ1n) is 8.45. The second-order valence-electron chi connectivity index (χ2n) is 6.44. The molecular formula is C18H15N3O5S. The predicted molar refractivity (Wildman–Crippen MR) is 96.5 cm³/mol. The Morgan fingerprint density at radius 1 is 1.22 bits per heavy atom. The molecule has 2 aliphatic heterocycles. The SMILES string of the molecule is O=C1c2ccc([N+](=O)[O-])cc2C(=O)N1CC(=O)N1CCCC1c1cccs1. The van der Waals surface area contributed by atoms with Crippen molar-refractivity contribution in [3.05, 3.63) is 61.8 Å². The number of nitrogens with zero attached hydrogens (tertiary/aromatic N) is 3. The van der Waals surface area contributed by atoms with Crippen LogP contribution in [-0.4, -0.2) is 45.5 Å². The van der Waals surface area contributed by atoms with Crippen molar-refractivity contribution in [3.8, 4) is 0 Å². The topological polar surface area (TPSA) is 101 Å². The van der Waals surface area contributed by atoms with Crippen LogP contribution >= 0.6 is 11.3 Å². The van der Waals surface area contributed by atoms with E-state index in [-0.39, 0.29) is 35.3 Å². The highest BCUT2D eigenvalue weighted by atomic mass is 32.1. The predicted octanol–water partition coefficient (Wildman–Crippen LogP) is 2.62. The maximum absolute atomic E-state index is 12.8. The van der Waals surface area contributed by atoms with Crippen molar-refractivity contribution in [2.75, 3.05) is 13.1 Å². The van der Waals surface area contributed by atoms with Crippen LogP contribution in [0.2, 0.25) is 0 Å². The van der Waals surface area contributed by atoms with Crippen LogP contribution in [0, 0.1) is 10.1 Å². The van der Waals surface area contributed by atoms with Gasteiger partial charge in [0.25, 0.3) is 17.5 Å². The van der Waals surface area contributed by atoms with E-state index in [2.05, 4.69) is 0 Å². The van der Waals surface area contributed by atoms with Gasteiger partial charge in [-0.1, -0.05) is 6.07 Å². The quantitative estimate of drug-likeness (QED) is 0.457. The fraction of sp³-hybridized carbons (Fsp3) is 0.278. The lowest BCUT2D eigenvalue weighted by atomic mass is 10.1. The number of carbonyl (C=O) groups excluding carboxylic acids is 3. The van der Waals surface area contributed by atoms with Crippen molar-refractivity contribution < 1.29 is 19.3 Å². The summed E-state index contributed by atoms with van der Waals surface area (Å²) in [6, 6.07) is 7.41. The zero-order valence-corrected chi connectivity index (χ0v) is 15.0. The molecule has 138 valence electrons. The number of nitro benzene ring substituents is 1. The largest absolute Gasteiger partial charge is 0.333 e.